The standard InChI is InChI=1S/C15H19Cl2NO3/c1-10-8-18(9-12(10)15(19)20-2)5-6-21-14-4-3-11(16)7-13(14)17/h3-4,7,10,12H,5-6,8-9H2,1-2H3. The van der Waals surface area contributed by atoms with E-state index >= 15 is 0 Å². The molecule has 6 heteroatoms. The summed E-state index contributed by atoms with van der Waals surface area (Å²) in [5.74, 6) is 0.746. The monoisotopic (exact) mass is 331 g/mol. The highest BCUT2D eigenvalue weighted by Gasteiger charge is 2.35. The third-order valence-electron chi connectivity index (χ3n) is 3.75. The lowest BCUT2D eigenvalue weighted by atomic mass is 9.99. The predicted octanol–water partition coefficient (Wildman–Crippen LogP) is 3.11. The summed E-state index contributed by atoms with van der Waals surface area (Å²) >= 11 is 11.9. The van der Waals surface area contributed by atoms with Crippen LogP contribution in [-0.4, -0.2) is 44.2 Å². The highest BCUT2D eigenvalue weighted by atomic mass is 35.5. The maximum atomic E-state index is 11.6. The second-order valence-electron chi connectivity index (χ2n) is 5.29. The molecule has 4 nitrogen and oxygen atoms in total. The number of hydrogen-bond acceptors (Lipinski definition) is 4. The van der Waals surface area contributed by atoms with Gasteiger partial charge in [-0.05, 0) is 24.1 Å². The third-order valence-corrected chi connectivity index (χ3v) is 4.28. The van der Waals surface area contributed by atoms with Crippen molar-refractivity contribution in [1.29, 1.82) is 0 Å². The number of carbonyl (C=O) groups is 1. The van der Waals surface area contributed by atoms with Gasteiger partial charge in [0.15, 0.2) is 0 Å². The third kappa shape index (κ3) is 4.25. The molecule has 21 heavy (non-hydrogen) atoms. The van der Waals surface area contributed by atoms with E-state index in [-0.39, 0.29) is 11.9 Å². The van der Waals surface area contributed by atoms with Crippen LogP contribution in [0.2, 0.25) is 10.0 Å². The Hall–Kier alpha value is -0.970. The fraction of sp³-hybridized carbons (Fsp3) is 0.533. The Balaban J connectivity index is 1.80. The average molecular weight is 332 g/mol. The number of hydrogen-bond donors (Lipinski definition) is 0. The largest absolute Gasteiger partial charge is 0.491 e. The normalized spacial score (nSPS) is 22.3. The first-order chi connectivity index (χ1) is 10.0. The second-order valence-corrected chi connectivity index (χ2v) is 6.13. The van der Waals surface area contributed by atoms with Gasteiger partial charge in [-0.1, -0.05) is 30.1 Å². The minimum atomic E-state index is -0.133. The summed E-state index contributed by atoms with van der Waals surface area (Å²) in [6.07, 6.45) is 0. The molecule has 2 rings (SSSR count). The molecule has 2 atom stereocenters. The molecule has 116 valence electrons. The van der Waals surface area contributed by atoms with Gasteiger partial charge in [0, 0.05) is 24.7 Å². The number of rotatable bonds is 5. The van der Waals surface area contributed by atoms with Gasteiger partial charge in [-0.2, -0.15) is 0 Å². The number of esters is 1. The van der Waals surface area contributed by atoms with Gasteiger partial charge in [0.25, 0.3) is 0 Å². The molecule has 1 fully saturated rings. The van der Waals surface area contributed by atoms with Crippen LogP contribution >= 0.6 is 23.2 Å². The van der Waals surface area contributed by atoms with Gasteiger partial charge < -0.3 is 9.47 Å². The molecule has 1 saturated heterocycles. The molecule has 2 unspecified atom stereocenters. The fourth-order valence-electron chi connectivity index (χ4n) is 2.58. The van der Waals surface area contributed by atoms with Crippen LogP contribution in [0.15, 0.2) is 18.2 Å². The molecule has 0 saturated carbocycles. The minimum absolute atomic E-state index is 0.0471. The molecule has 1 aromatic carbocycles. The summed E-state index contributed by atoms with van der Waals surface area (Å²) < 4.78 is 10.5. The van der Waals surface area contributed by atoms with Gasteiger partial charge in [-0.3, -0.25) is 9.69 Å². The van der Waals surface area contributed by atoms with Crippen LogP contribution in [0.5, 0.6) is 5.75 Å². The van der Waals surface area contributed by atoms with E-state index in [0.717, 1.165) is 13.1 Å². The average Bonchev–Trinajstić information content (AvgIpc) is 2.81. The van der Waals surface area contributed by atoms with Crippen molar-refractivity contribution in [2.24, 2.45) is 11.8 Å². The van der Waals surface area contributed by atoms with Crippen LogP contribution in [-0.2, 0) is 9.53 Å². The van der Waals surface area contributed by atoms with Crippen molar-refractivity contribution in [3.8, 4) is 5.75 Å². The Morgan fingerprint density at radius 3 is 2.81 bits per heavy atom. The van der Waals surface area contributed by atoms with E-state index in [2.05, 4.69) is 11.8 Å². The summed E-state index contributed by atoms with van der Waals surface area (Å²) in [5, 5.41) is 1.09. The summed E-state index contributed by atoms with van der Waals surface area (Å²) in [4.78, 5) is 13.8. The SMILES string of the molecule is COC(=O)C1CN(CCOc2ccc(Cl)cc2Cl)CC1C. The Kier molecular flexibility index (Phi) is 5.73. The first-order valence-electron chi connectivity index (χ1n) is 6.89. The Labute approximate surface area is 134 Å². The number of ether oxygens (including phenoxy) is 2. The van der Waals surface area contributed by atoms with Crippen molar-refractivity contribution in [1.82, 2.24) is 4.90 Å². The van der Waals surface area contributed by atoms with Crippen molar-refractivity contribution >= 4 is 29.2 Å². The molecule has 0 bridgehead atoms. The maximum Gasteiger partial charge on any atom is 0.310 e. The van der Waals surface area contributed by atoms with Crippen LogP contribution < -0.4 is 4.74 Å². The van der Waals surface area contributed by atoms with E-state index < -0.39 is 0 Å². The molecular weight excluding hydrogens is 313 g/mol. The molecule has 1 aliphatic rings. The lowest BCUT2D eigenvalue weighted by molar-refractivity contribution is -0.146. The number of likely N-dealkylation sites (tertiary alicyclic amines) is 1. The first-order valence-corrected chi connectivity index (χ1v) is 7.65. The summed E-state index contributed by atoms with van der Waals surface area (Å²) in [6, 6.07) is 5.16. The van der Waals surface area contributed by atoms with Gasteiger partial charge >= 0.3 is 5.97 Å². The molecule has 0 spiro atoms. The van der Waals surface area contributed by atoms with Crippen molar-refractivity contribution in [3.63, 3.8) is 0 Å². The van der Waals surface area contributed by atoms with Gasteiger partial charge in [-0.25, -0.2) is 0 Å². The lowest BCUT2D eigenvalue weighted by Gasteiger charge is -2.16. The van der Waals surface area contributed by atoms with Crippen LogP contribution in [0.3, 0.4) is 0 Å². The summed E-state index contributed by atoms with van der Waals surface area (Å²) in [6.45, 7) is 4.92. The maximum absolute atomic E-state index is 11.6. The molecule has 1 aliphatic heterocycles. The van der Waals surface area contributed by atoms with Crippen LogP contribution in [0, 0.1) is 11.8 Å². The molecule has 1 heterocycles. The van der Waals surface area contributed by atoms with Gasteiger partial charge in [-0.15, -0.1) is 0 Å². The number of halogens is 2. The van der Waals surface area contributed by atoms with E-state index in [1.54, 1.807) is 18.2 Å². The summed E-state index contributed by atoms with van der Waals surface area (Å²) in [5.41, 5.74) is 0. The van der Waals surface area contributed by atoms with E-state index in [0.29, 0.717) is 34.9 Å². The quantitative estimate of drug-likeness (QED) is 0.777. The van der Waals surface area contributed by atoms with Gasteiger partial charge in [0.1, 0.15) is 12.4 Å². The Morgan fingerprint density at radius 2 is 2.14 bits per heavy atom. The second kappa shape index (κ2) is 7.34. The smallest absolute Gasteiger partial charge is 0.310 e. The van der Waals surface area contributed by atoms with Crippen molar-refractivity contribution in [2.75, 3.05) is 33.4 Å². The fourth-order valence-corrected chi connectivity index (χ4v) is 3.05. The van der Waals surface area contributed by atoms with Crippen LogP contribution in [0.25, 0.3) is 0 Å². The van der Waals surface area contributed by atoms with Gasteiger partial charge in [0.2, 0.25) is 0 Å². The first kappa shape index (κ1) is 16.4. The number of carbonyl (C=O) groups excluding carboxylic acids is 1. The van der Waals surface area contributed by atoms with E-state index in [4.69, 9.17) is 32.7 Å². The highest BCUT2D eigenvalue weighted by Crippen LogP contribution is 2.28. The minimum Gasteiger partial charge on any atom is -0.491 e. The van der Waals surface area contributed by atoms with E-state index in [1.165, 1.54) is 7.11 Å². The molecule has 0 radical (unpaired) electrons. The summed E-state index contributed by atoms with van der Waals surface area (Å²) in [7, 11) is 1.43. The van der Waals surface area contributed by atoms with E-state index in [1.807, 2.05) is 0 Å². The van der Waals surface area contributed by atoms with E-state index in [9.17, 15) is 4.79 Å². The molecule has 0 aliphatic carbocycles. The van der Waals surface area contributed by atoms with Crippen LogP contribution in [0.1, 0.15) is 6.92 Å². The Bertz CT molecular complexity index is 510. The van der Waals surface area contributed by atoms with Crippen molar-refractivity contribution < 1.29 is 14.3 Å². The Morgan fingerprint density at radius 1 is 1.38 bits per heavy atom. The predicted molar refractivity (Wildman–Crippen MR) is 83.1 cm³/mol. The zero-order chi connectivity index (χ0) is 15.4. The van der Waals surface area contributed by atoms with Crippen molar-refractivity contribution in [3.05, 3.63) is 28.2 Å². The van der Waals surface area contributed by atoms with Gasteiger partial charge in [0.05, 0.1) is 18.1 Å². The zero-order valence-corrected chi connectivity index (χ0v) is 13.7. The highest BCUT2D eigenvalue weighted by molar-refractivity contribution is 6.35. The molecule has 0 amide bonds. The lowest BCUT2D eigenvalue weighted by Crippen LogP contribution is -2.28. The van der Waals surface area contributed by atoms with Crippen LogP contribution in [0.4, 0.5) is 0 Å². The zero-order valence-electron chi connectivity index (χ0n) is 12.1. The number of methoxy groups -OCH3 is 1. The topological polar surface area (TPSA) is 38.8 Å². The number of nitrogens with zero attached hydrogens (tertiary/aromatic N) is 1. The molecule has 0 N–H and O–H groups in total. The molecule has 0 aromatic heterocycles. The van der Waals surface area contributed by atoms with Crippen molar-refractivity contribution in [2.45, 2.75) is 6.92 Å². The molecule has 1 aromatic rings. The number of benzene rings is 1. The molecular formula is C15H19Cl2NO3.